The topological polar surface area (TPSA) is 48.0 Å². The van der Waals surface area contributed by atoms with E-state index in [0.717, 1.165) is 11.1 Å². The fraction of sp³-hybridized carbons (Fsp3) is 0.154. The lowest BCUT2D eigenvalue weighted by molar-refractivity contribution is 0.754. The van der Waals surface area contributed by atoms with E-state index in [1.807, 2.05) is 31.2 Å². The van der Waals surface area contributed by atoms with Gasteiger partial charge < -0.3 is 10.3 Å². The number of rotatable bonds is 2. The van der Waals surface area contributed by atoms with Gasteiger partial charge in [-0.05, 0) is 68.7 Å². The van der Waals surface area contributed by atoms with E-state index < -0.39 is 0 Å². The number of nitrogens with zero attached hydrogens (tertiary/aromatic N) is 1. The van der Waals surface area contributed by atoms with Crippen molar-refractivity contribution in [3.05, 3.63) is 60.0 Å². The SMILES string of the molecule is Cc1c(N)cn(Cc2ccc(I)cc2)c(=O)c1Br. The summed E-state index contributed by atoms with van der Waals surface area (Å²) >= 11 is 5.54. The highest BCUT2D eigenvalue weighted by Gasteiger charge is 2.08. The zero-order chi connectivity index (χ0) is 13.3. The molecular weight excluding hydrogens is 407 g/mol. The number of nitrogen functional groups attached to an aromatic ring is 1. The van der Waals surface area contributed by atoms with Gasteiger partial charge in [-0.2, -0.15) is 0 Å². The molecule has 18 heavy (non-hydrogen) atoms. The summed E-state index contributed by atoms with van der Waals surface area (Å²) in [5, 5.41) is 0. The molecule has 0 atom stereocenters. The normalized spacial score (nSPS) is 10.6. The van der Waals surface area contributed by atoms with Gasteiger partial charge in [-0.3, -0.25) is 4.79 Å². The quantitative estimate of drug-likeness (QED) is 0.761. The molecule has 5 heteroatoms. The van der Waals surface area contributed by atoms with Gasteiger partial charge in [-0.1, -0.05) is 12.1 Å². The molecule has 2 N–H and O–H groups in total. The van der Waals surface area contributed by atoms with E-state index in [4.69, 9.17) is 5.73 Å². The van der Waals surface area contributed by atoms with Crippen molar-refractivity contribution in [2.45, 2.75) is 13.5 Å². The van der Waals surface area contributed by atoms with E-state index in [1.54, 1.807) is 10.8 Å². The van der Waals surface area contributed by atoms with Crippen LogP contribution in [0.2, 0.25) is 0 Å². The molecule has 0 spiro atoms. The maximum Gasteiger partial charge on any atom is 0.265 e. The first kappa shape index (κ1) is 13.6. The monoisotopic (exact) mass is 418 g/mol. The summed E-state index contributed by atoms with van der Waals surface area (Å²) in [5.41, 5.74) is 8.31. The first-order chi connectivity index (χ1) is 8.49. The van der Waals surface area contributed by atoms with Crippen molar-refractivity contribution in [3.8, 4) is 0 Å². The van der Waals surface area contributed by atoms with Crippen LogP contribution in [0.5, 0.6) is 0 Å². The number of halogens is 2. The summed E-state index contributed by atoms with van der Waals surface area (Å²) in [6.07, 6.45) is 1.69. The van der Waals surface area contributed by atoms with Gasteiger partial charge in [0.15, 0.2) is 0 Å². The van der Waals surface area contributed by atoms with Crippen LogP contribution in [0.1, 0.15) is 11.1 Å². The first-order valence-corrected chi connectivity index (χ1v) is 7.25. The number of hydrogen-bond acceptors (Lipinski definition) is 2. The van der Waals surface area contributed by atoms with Gasteiger partial charge >= 0.3 is 0 Å². The molecular formula is C13H12BrIN2O. The predicted octanol–water partition coefficient (Wildman–Crippen LogP) is 3.15. The molecule has 0 aliphatic heterocycles. The fourth-order valence-electron chi connectivity index (χ4n) is 1.64. The molecule has 1 aromatic heterocycles. The number of hydrogen-bond donors (Lipinski definition) is 1. The van der Waals surface area contributed by atoms with Crippen LogP contribution in [-0.2, 0) is 6.54 Å². The van der Waals surface area contributed by atoms with Crippen LogP contribution >= 0.6 is 38.5 Å². The third kappa shape index (κ3) is 2.77. The van der Waals surface area contributed by atoms with Gasteiger partial charge in [-0.15, -0.1) is 0 Å². The minimum atomic E-state index is -0.0553. The van der Waals surface area contributed by atoms with Gasteiger partial charge in [-0.25, -0.2) is 0 Å². The molecule has 2 aromatic rings. The molecule has 0 aliphatic rings. The van der Waals surface area contributed by atoms with Crippen LogP contribution in [0.4, 0.5) is 5.69 Å². The van der Waals surface area contributed by atoms with Gasteiger partial charge in [0.1, 0.15) is 0 Å². The Morgan fingerprint density at radius 2 is 1.94 bits per heavy atom. The van der Waals surface area contributed by atoms with Gasteiger partial charge in [0.2, 0.25) is 0 Å². The van der Waals surface area contributed by atoms with Crippen molar-refractivity contribution < 1.29 is 0 Å². The van der Waals surface area contributed by atoms with Crippen LogP contribution in [0.15, 0.2) is 39.7 Å². The van der Waals surface area contributed by atoms with E-state index in [0.29, 0.717) is 16.7 Å². The number of pyridine rings is 1. The van der Waals surface area contributed by atoms with Crippen LogP contribution in [-0.4, -0.2) is 4.57 Å². The average Bonchev–Trinajstić information content (AvgIpc) is 2.36. The largest absolute Gasteiger partial charge is 0.397 e. The van der Waals surface area contributed by atoms with Crippen molar-refractivity contribution in [3.63, 3.8) is 0 Å². The molecule has 0 bridgehead atoms. The molecule has 0 aliphatic carbocycles. The van der Waals surface area contributed by atoms with Gasteiger partial charge in [0, 0.05) is 9.77 Å². The highest BCUT2D eigenvalue weighted by molar-refractivity contribution is 14.1. The van der Waals surface area contributed by atoms with Crippen LogP contribution in [0.25, 0.3) is 0 Å². The molecule has 1 aromatic carbocycles. The molecule has 1 heterocycles. The molecule has 0 amide bonds. The molecule has 2 rings (SSSR count). The van der Waals surface area contributed by atoms with Crippen LogP contribution in [0, 0.1) is 10.5 Å². The maximum absolute atomic E-state index is 12.1. The second kappa shape index (κ2) is 5.44. The Morgan fingerprint density at radius 3 is 2.56 bits per heavy atom. The number of anilines is 1. The predicted molar refractivity (Wildman–Crippen MR) is 85.8 cm³/mol. The summed E-state index contributed by atoms with van der Waals surface area (Å²) in [5.74, 6) is 0. The molecule has 0 saturated carbocycles. The first-order valence-electron chi connectivity index (χ1n) is 5.38. The number of aromatic nitrogens is 1. The molecule has 3 nitrogen and oxygen atoms in total. The van der Waals surface area contributed by atoms with Crippen molar-refractivity contribution in [1.82, 2.24) is 4.57 Å². The third-order valence-electron chi connectivity index (χ3n) is 2.77. The summed E-state index contributed by atoms with van der Waals surface area (Å²) < 4.78 is 3.33. The minimum Gasteiger partial charge on any atom is -0.397 e. The second-order valence-corrected chi connectivity index (χ2v) is 6.12. The lowest BCUT2D eigenvalue weighted by Crippen LogP contribution is -2.22. The van der Waals surface area contributed by atoms with Gasteiger partial charge in [0.25, 0.3) is 5.56 Å². The molecule has 0 unspecified atom stereocenters. The van der Waals surface area contributed by atoms with E-state index in [9.17, 15) is 4.79 Å². The van der Waals surface area contributed by atoms with Crippen LogP contribution < -0.4 is 11.3 Å². The Bertz CT molecular complexity index is 635. The average molecular weight is 419 g/mol. The van der Waals surface area contributed by atoms with Crippen LogP contribution in [0.3, 0.4) is 0 Å². The standard InChI is InChI=1S/C13H12BrIN2O/c1-8-11(16)7-17(13(18)12(8)14)6-9-2-4-10(15)5-3-9/h2-5,7H,6,16H2,1H3. The smallest absolute Gasteiger partial charge is 0.265 e. The molecule has 0 saturated heterocycles. The van der Waals surface area contributed by atoms with E-state index in [-0.39, 0.29) is 5.56 Å². The van der Waals surface area contributed by atoms with Crippen molar-refractivity contribution in [1.29, 1.82) is 0 Å². The number of nitrogens with two attached hydrogens (primary N) is 1. The summed E-state index contributed by atoms with van der Waals surface area (Å²) in [6, 6.07) is 8.07. The fourth-order valence-corrected chi connectivity index (χ4v) is 2.46. The Labute approximate surface area is 127 Å². The highest BCUT2D eigenvalue weighted by atomic mass is 127. The summed E-state index contributed by atoms with van der Waals surface area (Å²) in [6.45, 7) is 2.36. The Balaban J connectivity index is 2.41. The van der Waals surface area contributed by atoms with Gasteiger partial charge in [0.05, 0.1) is 16.7 Å². The lowest BCUT2D eigenvalue weighted by atomic mass is 10.2. The molecule has 94 valence electrons. The van der Waals surface area contributed by atoms with E-state index in [2.05, 4.69) is 38.5 Å². The zero-order valence-electron chi connectivity index (χ0n) is 9.78. The minimum absolute atomic E-state index is 0.0553. The summed E-state index contributed by atoms with van der Waals surface area (Å²) in [7, 11) is 0. The molecule has 0 fully saturated rings. The van der Waals surface area contributed by atoms with Crippen molar-refractivity contribution in [2.75, 3.05) is 5.73 Å². The van der Waals surface area contributed by atoms with E-state index in [1.165, 1.54) is 3.57 Å². The van der Waals surface area contributed by atoms with Crippen molar-refractivity contribution >= 4 is 44.2 Å². The van der Waals surface area contributed by atoms with E-state index >= 15 is 0 Å². The second-order valence-electron chi connectivity index (χ2n) is 4.08. The zero-order valence-corrected chi connectivity index (χ0v) is 13.5. The Hall–Kier alpha value is -0.820. The number of benzene rings is 1. The summed E-state index contributed by atoms with van der Waals surface area (Å²) in [4.78, 5) is 12.1. The third-order valence-corrected chi connectivity index (χ3v) is 4.43. The highest BCUT2D eigenvalue weighted by Crippen LogP contribution is 2.17. The maximum atomic E-state index is 12.1. The Kier molecular flexibility index (Phi) is 4.11. The Morgan fingerprint density at radius 1 is 1.33 bits per heavy atom. The molecule has 0 radical (unpaired) electrons. The van der Waals surface area contributed by atoms with Crippen molar-refractivity contribution in [2.24, 2.45) is 0 Å². The lowest BCUT2D eigenvalue weighted by Gasteiger charge is -2.10.